The number of para-hydroxylation sites is 1. The number of amides is 1. The van der Waals surface area contributed by atoms with Crippen molar-refractivity contribution in [3.05, 3.63) is 69.6 Å². The number of benzene rings is 2. The van der Waals surface area contributed by atoms with Crippen molar-refractivity contribution in [1.29, 1.82) is 0 Å². The summed E-state index contributed by atoms with van der Waals surface area (Å²) in [5.74, 6) is 0.435. The average Bonchev–Trinajstić information content (AvgIpc) is 3.10. The zero-order chi connectivity index (χ0) is 19.8. The number of rotatable bonds is 3. The Morgan fingerprint density at radius 3 is 2.64 bits per heavy atom. The van der Waals surface area contributed by atoms with Crippen LogP contribution in [0.1, 0.15) is 18.3 Å². The van der Waals surface area contributed by atoms with Crippen molar-refractivity contribution in [3.63, 3.8) is 0 Å². The van der Waals surface area contributed by atoms with E-state index in [1.165, 1.54) is 22.8 Å². The highest BCUT2D eigenvalue weighted by Crippen LogP contribution is 2.33. The zero-order valence-electron chi connectivity index (χ0n) is 15.7. The maximum atomic E-state index is 13.0. The maximum absolute atomic E-state index is 13.0. The third-order valence-electron chi connectivity index (χ3n) is 4.47. The number of nitrogens with zero attached hydrogens (tertiary/aromatic N) is 3. The lowest BCUT2D eigenvalue weighted by Crippen LogP contribution is -2.22. The Kier molecular flexibility index (Phi) is 4.52. The highest BCUT2D eigenvalue weighted by Gasteiger charge is 2.16. The lowest BCUT2D eigenvalue weighted by Gasteiger charge is -2.11. The van der Waals surface area contributed by atoms with Gasteiger partial charge in [-0.25, -0.2) is 14.5 Å². The standard InChI is InChI=1S/C21H18N4O2S/c1-12-7-6-10-17(23-14(3)26)19(12)18-11-28-21(24-18)25-13(2)22-16-9-5-4-8-15(16)20(25)27/h4-11H,1-3H3,(H,23,26). The van der Waals surface area contributed by atoms with Gasteiger partial charge in [0.05, 0.1) is 22.3 Å². The molecule has 2 heterocycles. The summed E-state index contributed by atoms with van der Waals surface area (Å²) in [6, 6.07) is 13.0. The molecule has 0 atom stereocenters. The van der Waals surface area contributed by atoms with Crippen LogP contribution in [0, 0.1) is 13.8 Å². The SMILES string of the molecule is CC(=O)Nc1cccc(C)c1-c1csc(-n2c(C)nc3ccccc3c2=O)n1. The number of aromatic nitrogens is 3. The molecule has 140 valence electrons. The molecule has 1 amide bonds. The van der Waals surface area contributed by atoms with Gasteiger partial charge in [0.1, 0.15) is 5.82 Å². The van der Waals surface area contributed by atoms with Gasteiger partial charge in [0.15, 0.2) is 5.13 Å². The number of hydrogen-bond acceptors (Lipinski definition) is 5. The number of fused-ring (bicyclic) bond motifs is 1. The van der Waals surface area contributed by atoms with Crippen LogP contribution in [0.2, 0.25) is 0 Å². The van der Waals surface area contributed by atoms with E-state index in [1.807, 2.05) is 48.7 Å². The Morgan fingerprint density at radius 2 is 1.86 bits per heavy atom. The molecule has 0 saturated heterocycles. The lowest BCUT2D eigenvalue weighted by atomic mass is 10.0. The molecule has 7 heteroatoms. The van der Waals surface area contributed by atoms with Crippen LogP contribution in [0.25, 0.3) is 27.3 Å². The number of thiazole rings is 1. The van der Waals surface area contributed by atoms with E-state index in [4.69, 9.17) is 4.98 Å². The van der Waals surface area contributed by atoms with Crippen molar-refractivity contribution in [1.82, 2.24) is 14.5 Å². The second kappa shape index (κ2) is 7.01. The first kappa shape index (κ1) is 18.1. The minimum atomic E-state index is -0.145. The van der Waals surface area contributed by atoms with Gasteiger partial charge in [-0.1, -0.05) is 24.3 Å². The molecule has 0 bridgehead atoms. The van der Waals surface area contributed by atoms with Gasteiger partial charge in [-0.15, -0.1) is 11.3 Å². The zero-order valence-corrected chi connectivity index (χ0v) is 16.5. The number of carbonyl (C=O) groups excluding carboxylic acids is 1. The minimum absolute atomic E-state index is 0.143. The molecule has 1 N–H and O–H groups in total. The van der Waals surface area contributed by atoms with Gasteiger partial charge >= 0.3 is 0 Å². The molecular formula is C21H18N4O2S. The fourth-order valence-corrected chi connectivity index (χ4v) is 4.11. The molecule has 2 aromatic heterocycles. The van der Waals surface area contributed by atoms with Crippen LogP contribution < -0.4 is 10.9 Å². The molecule has 4 aromatic rings. The Balaban J connectivity index is 1.88. The first-order chi connectivity index (χ1) is 13.5. The minimum Gasteiger partial charge on any atom is -0.326 e. The van der Waals surface area contributed by atoms with Crippen LogP contribution in [0.4, 0.5) is 5.69 Å². The highest BCUT2D eigenvalue weighted by molar-refractivity contribution is 7.12. The fraction of sp³-hybridized carbons (Fsp3) is 0.143. The van der Waals surface area contributed by atoms with Gasteiger partial charge in [0.25, 0.3) is 5.56 Å². The van der Waals surface area contributed by atoms with Crippen LogP contribution in [-0.2, 0) is 4.79 Å². The van der Waals surface area contributed by atoms with Gasteiger partial charge in [-0.3, -0.25) is 9.59 Å². The summed E-state index contributed by atoms with van der Waals surface area (Å²) >= 11 is 1.37. The van der Waals surface area contributed by atoms with Gasteiger partial charge in [0, 0.05) is 17.9 Å². The lowest BCUT2D eigenvalue weighted by molar-refractivity contribution is -0.114. The summed E-state index contributed by atoms with van der Waals surface area (Å²) in [6.07, 6.45) is 0. The number of anilines is 1. The normalized spacial score (nSPS) is 11.0. The Labute approximate surface area is 165 Å². The van der Waals surface area contributed by atoms with Gasteiger partial charge in [-0.2, -0.15) is 0 Å². The molecule has 0 radical (unpaired) electrons. The van der Waals surface area contributed by atoms with Crippen molar-refractivity contribution in [2.75, 3.05) is 5.32 Å². The van der Waals surface area contributed by atoms with E-state index >= 15 is 0 Å². The molecule has 0 saturated carbocycles. The van der Waals surface area contributed by atoms with E-state index in [2.05, 4.69) is 10.3 Å². The third kappa shape index (κ3) is 3.10. The summed E-state index contributed by atoms with van der Waals surface area (Å²) in [5, 5.41) is 5.85. The number of carbonyl (C=O) groups is 1. The Hall–Kier alpha value is -3.32. The molecule has 28 heavy (non-hydrogen) atoms. The predicted molar refractivity (Wildman–Crippen MR) is 112 cm³/mol. The van der Waals surface area contributed by atoms with Crippen molar-refractivity contribution in [2.24, 2.45) is 0 Å². The van der Waals surface area contributed by atoms with Crippen molar-refractivity contribution >= 4 is 33.8 Å². The van der Waals surface area contributed by atoms with E-state index in [-0.39, 0.29) is 11.5 Å². The van der Waals surface area contributed by atoms with Crippen molar-refractivity contribution in [3.8, 4) is 16.4 Å². The summed E-state index contributed by atoms with van der Waals surface area (Å²) in [4.78, 5) is 33.8. The van der Waals surface area contributed by atoms with E-state index in [9.17, 15) is 9.59 Å². The molecule has 0 fully saturated rings. The molecule has 0 aliphatic rings. The van der Waals surface area contributed by atoms with Crippen LogP contribution in [-0.4, -0.2) is 20.4 Å². The molecule has 0 spiro atoms. The highest BCUT2D eigenvalue weighted by atomic mass is 32.1. The number of hydrogen-bond donors (Lipinski definition) is 1. The third-order valence-corrected chi connectivity index (χ3v) is 5.29. The predicted octanol–water partition coefficient (Wildman–Crippen LogP) is 4.08. The van der Waals surface area contributed by atoms with Crippen LogP contribution >= 0.6 is 11.3 Å². The van der Waals surface area contributed by atoms with E-state index < -0.39 is 0 Å². The molecule has 6 nitrogen and oxygen atoms in total. The Bertz CT molecular complexity index is 1270. The topological polar surface area (TPSA) is 76.9 Å². The van der Waals surface area contributed by atoms with Gasteiger partial charge in [0.2, 0.25) is 5.91 Å². The average molecular weight is 390 g/mol. The van der Waals surface area contributed by atoms with Crippen molar-refractivity contribution < 1.29 is 4.79 Å². The number of nitrogens with one attached hydrogen (secondary N) is 1. The Morgan fingerprint density at radius 1 is 1.07 bits per heavy atom. The van der Waals surface area contributed by atoms with Crippen molar-refractivity contribution in [2.45, 2.75) is 20.8 Å². The van der Waals surface area contributed by atoms with Crippen LogP contribution in [0.3, 0.4) is 0 Å². The molecule has 2 aromatic carbocycles. The largest absolute Gasteiger partial charge is 0.326 e. The van der Waals surface area contributed by atoms with E-state index in [0.717, 1.165) is 11.1 Å². The number of aryl methyl sites for hydroxylation is 2. The maximum Gasteiger partial charge on any atom is 0.267 e. The van der Waals surface area contributed by atoms with E-state index in [1.54, 1.807) is 13.0 Å². The summed E-state index contributed by atoms with van der Waals surface area (Å²) in [5.41, 5.74) is 3.77. The second-order valence-electron chi connectivity index (χ2n) is 6.51. The first-order valence-electron chi connectivity index (χ1n) is 8.77. The fourth-order valence-electron chi connectivity index (χ4n) is 3.25. The van der Waals surface area contributed by atoms with Gasteiger partial charge < -0.3 is 5.32 Å². The second-order valence-corrected chi connectivity index (χ2v) is 7.35. The smallest absolute Gasteiger partial charge is 0.267 e. The van der Waals surface area contributed by atoms with Crippen LogP contribution in [0.15, 0.2) is 52.6 Å². The molecule has 4 rings (SSSR count). The molecule has 0 unspecified atom stereocenters. The molecular weight excluding hydrogens is 372 g/mol. The summed E-state index contributed by atoms with van der Waals surface area (Å²) < 4.78 is 1.53. The summed E-state index contributed by atoms with van der Waals surface area (Å²) in [6.45, 7) is 5.24. The van der Waals surface area contributed by atoms with Crippen LogP contribution in [0.5, 0.6) is 0 Å². The molecule has 0 aliphatic carbocycles. The van der Waals surface area contributed by atoms with Gasteiger partial charge in [-0.05, 0) is 37.6 Å². The quantitative estimate of drug-likeness (QED) is 0.572. The monoisotopic (exact) mass is 390 g/mol. The molecule has 0 aliphatic heterocycles. The summed E-state index contributed by atoms with van der Waals surface area (Å²) in [7, 11) is 0. The van der Waals surface area contributed by atoms with E-state index in [0.29, 0.717) is 33.2 Å². The first-order valence-corrected chi connectivity index (χ1v) is 9.65.